The molecule has 0 bridgehead atoms. The molecule has 3 rings (SSSR count). The smallest absolute Gasteiger partial charge is 0.309 e. The molecule has 0 amide bonds. The van der Waals surface area contributed by atoms with E-state index in [1.165, 1.54) is 11.1 Å². The first-order chi connectivity index (χ1) is 10.9. The maximum atomic E-state index is 12.0. The van der Waals surface area contributed by atoms with E-state index in [-0.39, 0.29) is 11.3 Å². The summed E-state index contributed by atoms with van der Waals surface area (Å²) >= 11 is 0. The Morgan fingerprint density at radius 2 is 2.17 bits per heavy atom. The van der Waals surface area contributed by atoms with E-state index in [9.17, 15) is 9.90 Å². The molecule has 0 aromatic carbocycles. The van der Waals surface area contributed by atoms with E-state index < -0.39 is 11.4 Å². The van der Waals surface area contributed by atoms with Crippen molar-refractivity contribution in [1.29, 1.82) is 0 Å². The maximum absolute atomic E-state index is 12.0. The quantitative estimate of drug-likeness (QED) is 0.788. The fraction of sp³-hybridized carbons (Fsp3) is 0.650. The molecule has 3 heteroatoms. The van der Waals surface area contributed by atoms with Gasteiger partial charge < -0.3 is 9.52 Å². The molecule has 1 fully saturated rings. The van der Waals surface area contributed by atoms with Gasteiger partial charge in [0.15, 0.2) is 0 Å². The van der Waals surface area contributed by atoms with Crippen LogP contribution in [0.5, 0.6) is 0 Å². The Balaban J connectivity index is 1.88. The normalized spacial score (nSPS) is 37.1. The molecular weight excluding hydrogens is 288 g/mol. The predicted octanol–water partition coefficient (Wildman–Crippen LogP) is 5.08. The molecule has 3 nitrogen and oxygen atoms in total. The summed E-state index contributed by atoms with van der Waals surface area (Å²) in [5.74, 6) is 0.0874. The van der Waals surface area contributed by atoms with Crippen LogP contribution in [-0.4, -0.2) is 11.1 Å². The van der Waals surface area contributed by atoms with Crippen LogP contribution in [0.25, 0.3) is 0 Å². The third-order valence-electron chi connectivity index (χ3n) is 6.79. The summed E-state index contributed by atoms with van der Waals surface area (Å²) in [5, 5.41) is 9.85. The highest BCUT2D eigenvalue weighted by Gasteiger charge is 2.56. The molecule has 0 radical (unpaired) electrons. The van der Waals surface area contributed by atoms with E-state index in [0.29, 0.717) is 5.92 Å². The van der Waals surface area contributed by atoms with E-state index >= 15 is 0 Å². The molecule has 0 spiro atoms. The van der Waals surface area contributed by atoms with Crippen LogP contribution < -0.4 is 0 Å². The summed E-state index contributed by atoms with van der Waals surface area (Å²) in [7, 11) is 0. The average molecular weight is 316 g/mol. The van der Waals surface area contributed by atoms with Gasteiger partial charge in [-0.15, -0.1) is 0 Å². The number of rotatable bonds is 4. The molecule has 1 saturated carbocycles. The first kappa shape index (κ1) is 16.4. The molecule has 2 aliphatic rings. The lowest BCUT2D eigenvalue weighted by Crippen LogP contribution is -2.52. The summed E-state index contributed by atoms with van der Waals surface area (Å²) < 4.78 is 5.19. The second-order valence-corrected chi connectivity index (χ2v) is 8.04. The van der Waals surface area contributed by atoms with Gasteiger partial charge in [-0.2, -0.15) is 0 Å². The van der Waals surface area contributed by atoms with Crippen molar-refractivity contribution < 1.29 is 14.3 Å². The van der Waals surface area contributed by atoms with Crippen LogP contribution in [0.1, 0.15) is 58.4 Å². The topological polar surface area (TPSA) is 50.4 Å². The van der Waals surface area contributed by atoms with Gasteiger partial charge in [0.25, 0.3) is 0 Å². The van der Waals surface area contributed by atoms with Crippen molar-refractivity contribution in [2.45, 2.75) is 59.3 Å². The van der Waals surface area contributed by atoms with Gasteiger partial charge in [0.2, 0.25) is 0 Å². The van der Waals surface area contributed by atoms with Crippen molar-refractivity contribution in [3.63, 3.8) is 0 Å². The lowest BCUT2D eigenvalue weighted by molar-refractivity contribution is -0.162. The summed E-state index contributed by atoms with van der Waals surface area (Å²) in [6, 6.07) is 2.03. The monoisotopic (exact) mass is 316 g/mol. The zero-order valence-corrected chi connectivity index (χ0v) is 14.5. The number of hydrogen-bond donors (Lipinski definition) is 1. The third-order valence-corrected chi connectivity index (χ3v) is 6.79. The van der Waals surface area contributed by atoms with Crippen LogP contribution in [0.3, 0.4) is 0 Å². The third kappa shape index (κ3) is 2.64. The van der Waals surface area contributed by atoms with Crippen molar-refractivity contribution in [3.8, 4) is 0 Å². The van der Waals surface area contributed by atoms with E-state index in [1.807, 2.05) is 19.3 Å². The van der Waals surface area contributed by atoms with Gasteiger partial charge in [-0.05, 0) is 74.8 Å². The van der Waals surface area contributed by atoms with Crippen molar-refractivity contribution in [2.75, 3.05) is 0 Å². The molecule has 4 unspecified atom stereocenters. The molecule has 0 aliphatic heterocycles. The summed E-state index contributed by atoms with van der Waals surface area (Å²) in [4.78, 5) is 12.0. The Morgan fingerprint density at radius 3 is 2.83 bits per heavy atom. The zero-order valence-electron chi connectivity index (χ0n) is 14.5. The Labute approximate surface area is 138 Å². The second-order valence-electron chi connectivity index (χ2n) is 8.04. The van der Waals surface area contributed by atoms with Gasteiger partial charge in [-0.25, -0.2) is 0 Å². The number of hydrogen-bond acceptors (Lipinski definition) is 2. The summed E-state index contributed by atoms with van der Waals surface area (Å²) in [5.41, 5.74) is 2.19. The minimum atomic E-state index is -0.616. The number of carboxylic acids is 1. The molecule has 23 heavy (non-hydrogen) atoms. The van der Waals surface area contributed by atoms with Crippen LogP contribution in [0, 0.1) is 22.7 Å². The maximum Gasteiger partial charge on any atom is 0.309 e. The van der Waals surface area contributed by atoms with Gasteiger partial charge in [-0.3, -0.25) is 4.79 Å². The molecule has 2 aliphatic carbocycles. The van der Waals surface area contributed by atoms with E-state index in [1.54, 1.807) is 6.26 Å². The van der Waals surface area contributed by atoms with Gasteiger partial charge in [0, 0.05) is 0 Å². The zero-order chi connectivity index (χ0) is 16.7. The predicted molar refractivity (Wildman–Crippen MR) is 90.1 cm³/mol. The number of carbonyl (C=O) groups is 1. The molecule has 0 saturated heterocycles. The fourth-order valence-electron chi connectivity index (χ4n) is 5.38. The molecular formula is C20H28O3. The Bertz CT molecular complexity index is 600. The number of fused-ring (bicyclic) bond motifs is 1. The van der Waals surface area contributed by atoms with Gasteiger partial charge in [-0.1, -0.05) is 25.0 Å². The second kappa shape index (κ2) is 5.85. The Hall–Kier alpha value is -1.51. The van der Waals surface area contributed by atoms with Crippen LogP contribution in [0.2, 0.25) is 0 Å². The van der Waals surface area contributed by atoms with E-state index in [0.717, 1.165) is 38.5 Å². The highest BCUT2D eigenvalue weighted by molar-refractivity contribution is 5.75. The lowest BCUT2D eigenvalue weighted by Gasteiger charge is -2.56. The fourth-order valence-corrected chi connectivity index (χ4v) is 5.38. The SMILES string of the molecule is CC1=CCC2C(C)(C(=O)O)CCCC2(C)C1CCc1ccoc1. The Morgan fingerprint density at radius 1 is 1.39 bits per heavy atom. The van der Waals surface area contributed by atoms with Gasteiger partial charge in [0.1, 0.15) is 0 Å². The van der Waals surface area contributed by atoms with E-state index in [2.05, 4.69) is 19.9 Å². The average Bonchev–Trinajstić information content (AvgIpc) is 2.99. The van der Waals surface area contributed by atoms with Crippen LogP contribution in [-0.2, 0) is 11.2 Å². The number of aliphatic carboxylic acids is 1. The van der Waals surface area contributed by atoms with Crippen molar-refractivity contribution in [2.24, 2.45) is 22.7 Å². The molecule has 126 valence electrons. The minimum Gasteiger partial charge on any atom is -0.481 e. The van der Waals surface area contributed by atoms with Crippen LogP contribution in [0.4, 0.5) is 0 Å². The Kier molecular flexibility index (Phi) is 4.16. The first-order valence-electron chi connectivity index (χ1n) is 8.79. The van der Waals surface area contributed by atoms with Crippen molar-refractivity contribution in [1.82, 2.24) is 0 Å². The van der Waals surface area contributed by atoms with Gasteiger partial charge in [0.05, 0.1) is 17.9 Å². The molecule has 1 heterocycles. The number of carboxylic acid groups (broad SMARTS) is 1. The van der Waals surface area contributed by atoms with Crippen molar-refractivity contribution in [3.05, 3.63) is 35.8 Å². The molecule has 1 aromatic heterocycles. The highest BCUT2D eigenvalue weighted by Crippen LogP contribution is 2.60. The van der Waals surface area contributed by atoms with E-state index in [4.69, 9.17) is 4.42 Å². The molecule has 1 aromatic rings. The highest BCUT2D eigenvalue weighted by atomic mass is 16.4. The standard InChI is InChI=1S/C20H28O3/c1-14-5-8-17-19(2,10-4-11-20(17,3)18(21)22)16(14)7-6-15-9-12-23-13-15/h5,9,12-13,16-17H,4,6-8,10-11H2,1-3H3,(H,21,22). The van der Waals surface area contributed by atoms with Crippen LogP contribution >= 0.6 is 0 Å². The lowest BCUT2D eigenvalue weighted by atomic mass is 9.47. The minimum absolute atomic E-state index is 0.0912. The van der Waals surface area contributed by atoms with Crippen LogP contribution in [0.15, 0.2) is 34.7 Å². The number of allylic oxidation sites excluding steroid dienone is 2. The number of furan rings is 1. The summed E-state index contributed by atoms with van der Waals surface area (Å²) in [6.07, 6.45) is 11.8. The first-order valence-corrected chi connectivity index (χ1v) is 8.79. The van der Waals surface area contributed by atoms with Gasteiger partial charge >= 0.3 is 5.97 Å². The molecule has 1 N–H and O–H groups in total. The van der Waals surface area contributed by atoms with Crippen molar-refractivity contribution >= 4 is 5.97 Å². The summed E-state index contributed by atoms with van der Waals surface area (Å²) in [6.45, 7) is 6.54. The largest absolute Gasteiger partial charge is 0.481 e. The molecule has 4 atom stereocenters. The number of aryl methyl sites for hydroxylation is 1.